The molecule has 0 bridgehead atoms. The van der Waals surface area contributed by atoms with E-state index in [1.807, 2.05) is 29.6 Å². The van der Waals surface area contributed by atoms with Crippen LogP contribution in [0.2, 0.25) is 0 Å². The van der Waals surface area contributed by atoms with Crippen molar-refractivity contribution in [2.24, 2.45) is 0 Å². The van der Waals surface area contributed by atoms with Crippen molar-refractivity contribution in [2.45, 2.75) is 38.9 Å². The second-order valence-electron chi connectivity index (χ2n) is 9.71. The van der Waals surface area contributed by atoms with Crippen LogP contribution in [0, 0.1) is 0 Å². The highest BCUT2D eigenvalue weighted by Crippen LogP contribution is 2.20. The highest BCUT2D eigenvalue weighted by atomic mass is 16.5. The lowest BCUT2D eigenvalue weighted by Crippen LogP contribution is -2.54. The molecule has 0 spiro atoms. The van der Waals surface area contributed by atoms with Gasteiger partial charge in [0.1, 0.15) is 5.65 Å². The molecule has 1 N–H and O–H groups in total. The first-order valence-electron chi connectivity index (χ1n) is 12.0. The average Bonchev–Trinajstić information content (AvgIpc) is 3.33. The van der Waals surface area contributed by atoms with E-state index in [9.17, 15) is 9.59 Å². The Morgan fingerprint density at radius 1 is 1.28 bits per heavy atom. The van der Waals surface area contributed by atoms with E-state index in [1.165, 1.54) is 6.08 Å². The fourth-order valence-corrected chi connectivity index (χ4v) is 4.50. The molecule has 11 heteroatoms. The van der Waals surface area contributed by atoms with Crippen molar-refractivity contribution >= 4 is 28.6 Å². The molecule has 0 radical (unpaired) electrons. The minimum atomic E-state index is -0.305. The lowest BCUT2D eigenvalue weighted by Gasteiger charge is -2.39. The maximum absolute atomic E-state index is 12.8. The molecule has 1 atom stereocenters. The average molecular weight is 495 g/mol. The topological polar surface area (TPSA) is 110 Å². The minimum absolute atomic E-state index is 0.0451. The molecule has 0 aliphatic carbocycles. The van der Waals surface area contributed by atoms with E-state index in [-0.39, 0.29) is 23.0 Å². The van der Waals surface area contributed by atoms with E-state index >= 15 is 0 Å². The van der Waals surface area contributed by atoms with Gasteiger partial charge in [0, 0.05) is 69.7 Å². The van der Waals surface area contributed by atoms with Crippen molar-refractivity contribution in [2.75, 3.05) is 45.2 Å². The predicted octanol–water partition coefficient (Wildman–Crippen LogP) is 1.83. The first-order valence-corrected chi connectivity index (χ1v) is 12.0. The number of methoxy groups -OCH3 is 1. The Morgan fingerprint density at radius 3 is 2.81 bits per heavy atom. The van der Waals surface area contributed by atoms with Crippen molar-refractivity contribution in [3.63, 3.8) is 0 Å². The van der Waals surface area contributed by atoms with Crippen LogP contribution in [0.3, 0.4) is 0 Å². The molecule has 11 nitrogen and oxygen atoms in total. The Morgan fingerprint density at radius 2 is 2.08 bits per heavy atom. The standard InChI is InChI=1S/C25H34N8O3/c1-6-21(34)31-10-9-30(18(2)15-31)11-12-32-22(35)8-7-19-13-26-24(29-23(19)32)28-20-14-27-33(16-20)25(3,4)17-36-5/h6-8,13-14,16,18H,1,9-12,15,17H2,2-5H3,(H,26,28,29)/t18-/m0/s1. The van der Waals surface area contributed by atoms with Crippen LogP contribution in [0.5, 0.6) is 0 Å². The van der Waals surface area contributed by atoms with Crippen molar-refractivity contribution in [3.8, 4) is 0 Å². The summed E-state index contributed by atoms with van der Waals surface area (Å²) in [6.45, 7) is 13.4. The number of nitrogens with one attached hydrogen (secondary N) is 1. The molecule has 1 saturated heterocycles. The fraction of sp³-hybridized carbons (Fsp3) is 0.480. The maximum atomic E-state index is 12.8. The summed E-state index contributed by atoms with van der Waals surface area (Å²) in [5, 5.41) is 8.41. The molecule has 1 fully saturated rings. The lowest BCUT2D eigenvalue weighted by atomic mass is 10.1. The molecule has 0 unspecified atom stereocenters. The molecule has 3 aromatic rings. The van der Waals surface area contributed by atoms with Gasteiger partial charge in [-0.1, -0.05) is 6.58 Å². The van der Waals surface area contributed by atoms with Crippen LogP contribution < -0.4 is 10.9 Å². The summed E-state index contributed by atoms with van der Waals surface area (Å²) in [6, 6.07) is 3.47. The number of rotatable bonds is 9. The largest absolute Gasteiger partial charge is 0.382 e. The molecule has 36 heavy (non-hydrogen) atoms. The summed E-state index contributed by atoms with van der Waals surface area (Å²) in [4.78, 5) is 37.9. The van der Waals surface area contributed by atoms with E-state index in [0.717, 1.165) is 17.6 Å². The Labute approximate surface area is 210 Å². The third-order valence-corrected chi connectivity index (χ3v) is 6.54. The van der Waals surface area contributed by atoms with Crippen LogP contribution >= 0.6 is 0 Å². The van der Waals surface area contributed by atoms with Crippen molar-refractivity contribution < 1.29 is 9.53 Å². The van der Waals surface area contributed by atoms with Gasteiger partial charge in [0.2, 0.25) is 11.9 Å². The third kappa shape index (κ3) is 5.47. The van der Waals surface area contributed by atoms with E-state index in [1.54, 1.807) is 36.2 Å². The van der Waals surface area contributed by atoms with E-state index in [4.69, 9.17) is 4.74 Å². The Bertz CT molecular complexity index is 1300. The zero-order valence-corrected chi connectivity index (χ0v) is 21.3. The maximum Gasteiger partial charge on any atom is 0.252 e. The number of ether oxygens (including phenoxy) is 1. The molecule has 1 amide bonds. The Kier molecular flexibility index (Phi) is 7.51. The number of piperazine rings is 1. The van der Waals surface area contributed by atoms with Crippen molar-refractivity contribution in [3.05, 3.63) is 53.7 Å². The number of pyridine rings is 1. The highest BCUT2D eigenvalue weighted by Gasteiger charge is 2.25. The Balaban J connectivity index is 1.51. The summed E-state index contributed by atoms with van der Waals surface area (Å²) in [5.74, 6) is 0.340. The number of aromatic nitrogens is 5. The van der Waals surface area contributed by atoms with Gasteiger partial charge in [0.05, 0.1) is 24.0 Å². The van der Waals surface area contributed by atoms with Gasteiger partial charge in [-0.05, 0) is 32.9 Å². The van der Waals surface area contributed by atoms with E-state index < -0.39 is 0 Å². The van der Waals surface area contributed by atoms with E-state index in [0.29, 0.717) is 44.4 Å². The number of carbonyl (C=O) groups is 1. The number of nitrogens with zero attached hydrogens (tertiary/aromatic N) is 7. The van der Waals surface area contributed by atoms with Gasteiger partial charge in [-0.3, -0.25) is 23.7 Å². The van der Waals surface area contributed by atoms with E-state index in [2.05, 4.69) is 38.8 Å². The molecule has 0 aromatic carbocycles. The van der Waals surface area contributed by atoms with Gasteiger partial charge < -0.3 is 15.0 Å². The molecule has 4 rings (SSSR count). The number of hydrogen-bond donors (Lipinski definition) is 1. The van der Waals surface area contributed by atoms with Gasteiger partial charge in [-0.25, -0.2) is 4.98 Å². The minimum Gasteiger partial charge on any atom is -0.382 e. The summed E-state index contributed by atoms with van der Waals surface area (Å²) in [5.41, 5.74) is 0.889. The van der Waals surface area contributed by atoms with Crippen molar-refractivity contribution in [1.82, 2.24) is 34.1 Å². The molecular weight excluding hydrogens is 460 g/mol. The number of anilines is 2. The summed E-state index contributed by atoms with van der Waals surface area (Å²) in [6.07, 6.45) is 6.65. The monoisotopic (exact) mass is 494 g/mol. The summed E-state index contributed by atoms with van der Waals surface area (Å²) >= 11 is 0. The quantitative estimate of drug-likeness (QED) is 0.449. The van der Waals surface area contributed by atoms with Crippen LogP contribution in [0.25, 0.3) is 11.0 Å². The molecule has 1 aliphatic heterocycles. The predicted molar refractivity (Wildman–Crippen MR) is 138 cm³/mol. The smallest absolute Gasteiger partial charge is 0.252 e. The van der Waals surface area contributed by atoms with Crippen LogP contribution in [-0.4, -0.2) is 86.0 Å². The van der Waals surface area contributed by atoms with Crippen LogP contribution in [-0.2, 0) is 21.6 Å². The highest BCUT2D eigenvalue weighted by molar-refractivity contribution is 5.87. The molecular formula is C25H34N8O3. The second kappa shape index (κ2) is 10.6. The van der Waals surface area contributed by atoms with Gasteiger partial charge >= 0.3 is 0 Å². The number of carbonyl (C=O) groups excluding carboxylic acids is 1. The fourth-order valence-electron chi connectivity index (χ4n) is 4.50. The van der Waals surface area contributed by atoms with Crippen LogP contribution in [0.1, 0.15) is 20.8 Å². The number of fused-ring (bicyclic) bond motifs is 1. The summed E-state index contributed by atoms with van der Waals surface area (Å²) < 4.78 is 8.81. The molecule has 3 aromatic heterocycles. The molecule has 4 heterocycles. The first kappa shape index (κ1) is 25.5. The van der Waals surface area contributed by atoms with Gasteiger partial charge in [0.15, 0.2) is 0 Å². The molecule has 1 aliphatic rings. The molecule has 192 valence electrons. The number of hydrogen-bond acceptors (Lipinski definition) is 8. The van der Waals surface area contributed by atoms with Crippen molar-refractivity contribution in [1.29, 1.82) is 0 Å². The normalized spacial score (nSPS) is 16.9. The Hall–Kier alpha value is -3.57. The third-order valence-electron chi connectivity index (χ3n) is 6.54. The van der Waals surface area contributed by atoms with Crippen LogP contribution in [0.4, 0.5) is 11.6 Å². The zero-order valence-electron chi connectivity index (χ0n) is 21.3. The van der Waals surface area contributed by atoms with Gasteiger partial charge in [0.25, 0.3) is 5.56 Å². The second-order valence-corrected chi connectivity index (χ2v) is 9.71. The van der Waals surface area contributed by atoms with Gasteiger partial charge in [-0.15, -0.1) is 0 Å². The zero-order chi connectivity index (χ0) is 25.9. The summed E-state index contributed by atoms with van der Waals surface area (Å²) in [7, 11) is 1.66. The lowest BCUT2D eigenvalue weighted by molar-refractivity contribution is -0.128. The SMILES string of the molecule is C=CC(=O)N1CCN(CCn2c(=O)ccc3cnc(Nc4cnn(C(C)(C)COC)c4)nc32)[C@@H](C)C1. The number of amides is 1. The first-order chi connectivity index (χ1) is 17.2. The molecule has 0 saturated carbocycles. The van der Waals surface area contributed by atoms with Crippen LogP contribution in [0.15, 0.2) is 48.2 Å². The van der Waals surface area contributed by atoms with Gasteiger partial charge in [-0.2, -0.15) is 10.1 Å².